The molecule has 9 rings (SSSR count). The number of hydrogen-bond donors (Lipinski definition) is 6. The van der Waals surface area contributed by atoms with E-state index in [9.17, 15) is 52.8 Å². The number of rotatable bonds is 9. The topological polar surface area (TPSA) is 236 Å². The van der Waals surface area contributed by atoms with Gasteiger partial charge in [0.25, 0.3) is 30.6 Å². The van der Waals surface area contributed by atoms with Crippen molar-refractivity contribution in [2.75, 3.05) is 37.1 Å². The number of nitrogens with one attached hydrogen (secondary N) is 6. The lowest BCUT2D eigenvalue weighted by Gasteiger charge is -2.36. The van der Waals surface area contributed by atoms with Crippen molar-refractivity contribution in [2.24, 2.45) is 0 Å². The van der Waals surface area contributed by atoms with Gasteiger partial charge in [-0.15, -0.1) is 0 Å². The first-order valence-corrected chi connectivity index (χ1v) is 30.2. The molecule has 0 saturated carbocycles. The van der Waals surface area contributed by atoms with E-state index in [0.717, 1.165) is 64.5 Å². The number of likely N-dealkylation sites (N-methyl/N-ethyl adjacent to an activating group) is 3. The molecule has 3 amide bonds. The molecule has 0 spiro atoms. The Bertz CT molecular complexity index is 3280. The number of nitrogens with zero attached hydrogens (tertiary/aromatic N) is 3. The zero-order valence-electron chi connectivity index (χ0n) is 44.2. The van der Waals surface area contributed by atoms with E-state index < -0.39 is 102 Å². The average Bonchev–Trinajstić information content (AvgIpc) is 3.59. The molecule has 0 bridgehead atoms. The van der Waals surface area contributed by atoms with Crippen molar-refractivity contribution in [3.63, 3.8) is 0 Å². The number of aryl methyl sites for hydroxylation is 3. The summed E-state index contributed by atoms with van der Waals surface area (Å²) in [6, 6.07) is 29.3. The third-order valence-corrected chi connectivity index (χ3v) is 19.3. The van der Waals surface area contributed by atoms with Gasteiger partial charge in [0.1, 0.15) is 35.6 Å². The van der Waals surface area contributed by atoms with Crippen LogP contribution >= 0.6 is 34.8 Å². The SMILES string of the molecule is C.Cc1ccc(C2CC(C(=O)Nc3ccc(F)c(Cl)c3)N(C)S(=O)(=O)N2)cc1.Cc1ccc(C2CC(C(=O)Nc3ccc(F)c(Cl)c3)N(C)S(=O)(=O)N2)cc1.Cc1ccc([C@@H]2CC(C(=O)Nc3ccc(F)c(Cl)c3)N(C)S(=O)(=O)N2)cc1. The Labute approximate surface area is 491 Å². The molecule has 3 aliphatic rings. The summed E-state index contributed by atoms with van der Waals surface area (Å²) in [7, 11) is -7.47. The molecule has 6 aromatic rings. The maximum Gasteiger partial charge on any atom is 0.280 e. The maximum absolute atomic E-state index is 13.3. The van der Waals surface area contributed by atoms with Gasteiger partial charge >= 0.3 is 0 Å². The van der Waals surface area contributed by atoms with Crippen LogP contribution in [0.15, 0.2) is 127 Å². The van der Waals surface area contributed by atoms with Gasteiger partial charge in [-0.3, -0.25) is 14.4 Å². The van der Waals surface area contributed by atoms with Crippen molar-refractivity contribution in [2.45, 2.75) is 83.7 Å². The molecular weight excluding hydrogens is 1190 g/mol. The summed E-state index contributed by atoms with van der Waals surface area (Å²) in [5, 5.41) is 7.43. The van der Waals surface area contributed by atoms with E-state index in [4.69, 9.17) is 34.8 Å². The Hall–Kier alpha value is -6.00. The smallest absolute Gasteiger partial charge is 0.280 e. The van der Waals surface area contributed by atoms with Gasteiger partial charge in [0, 0.05) is 56.3 Å². The van der Waals surface area contributed by atoms with Gasteiger partial charge in [-0.25, -0.2) is 13.2 Å². The van der Waals surface area contributed by atoms with Crippen molar-refractivity contribution in [3.8, 4) is 0 Å². The number of hydrogen-bond acceptors (Lipinski definition) is 9. The van der Waals surface area contributed by atoms with Crippen LogP contribution in [0, 0.1) is 38.2 Å². The van der Waals surface area contributed by atoms with Gasteiger partial charge < -0.3 is 16.0 Å². The van der Waals surface area contributed by atoms with E-state index >= 15 is 0 Å². The molecule has 3 saturated heterocycles. The summed E-state index contributed by atoms with van der Waals surface area (Å²) < 4.78 is 125. The van der Waals surface area contributed by atoms with Crippen molar-refractivity contribution >= 4 is 100 Å². The first-order chi connectivity index (χ1) is 38.0. The first kappa shape index (κ1) is 65.2. The van der Waals surface area contributed by atoms with E-state index in [1.54, 1.807) is 0 Å². The maximum atomic E-state index is 13.3. The van der Waals surface area contributed by atoms with Gasteiger partial charge in [0.05, 0.1) is 15.1 Å². The highest BCUT2D eigenvalue weighted by Crippen LogP contribution is 2.33. The lowest BCUT2D eigenvalue weighted by Crippen LogP contribution is -2.55. The Morgan fingerprint density at radius 2 is 0.646 bits per heavy atom. The third-order valence-electron chi connectivity index (χ3n) is 13.6. The second-order valence-corrected chi connectivity index (χ2v) is 25.9. The van der Waals surface area contributed by atoms with Gasteiger partial charge in [0.15, 0.2) is 0 Å². The van der Waals surface area contributed by atoms with Crippen molar-refractivity contribution in [1.82, 2.24) is 27.1 Å². The number of anilines is 3. The molecule has 0 aromatic heterocycles. The number of carbonyl (C=O) groups excluding carboxylic acids is 3. The average molecular weight is 1250 g/mol. The molecule has 3 aliphatic heterocycles. The van der Waals surface area contributed by atoms with Gasteiger partial charge in [-0.1, -0.05) is 132 Å². The molecule has 82 heavy (non-hydrogen) atoms. The molecule has 0 aliphatic carbocycles. The lowest BCUT2D eigenvalue weighted by atomic mass is 9.98. The normalized spacial score (nSPS) is 22.1. The predicted molar refractivity (Wildman–Crippen MR) is 313 cm³/mol. The summed E-state index contributed by atoms with van der Waals surface area (Å²) in [6.45, 7) is 5.81. The van der Waals surface area contributed by atoms with Crippen LogP contribution in [0.1, 0.15) is 78.2 Å². The highest BCUT2D eigenvalue weighted by Gasteiger charge is 2.43. The molecule has 440 valence electrons. The van der Waals surface area contributed by atoms with E-state index in [1.165, 1.54) is 57.5 Å². The van der Waals surface area contributed by atoms with Crippen LogP contribution in [0.25, 0.3) is 0 Å². The van der Waals surface area contributed by atoms with Crippen LogP contribution in [0.2, 0.25) is 15.1 Å². The number of amides is 3. The largest absolute Gasteiger partial charge is 0.325 e. The van der Waals surface area contributed by atoms with Crippen molar-refractivity contribution < 1.29 is 52.8 Å². The Morgan fingerprint density at radius 3 is 0.854 bits per heavy atom. The quantitative estimate of drug-likeness (QED) is 0.0807. The molecule has 6 atom stereocenters. The van der Waals surface area contributed by atoms with Crippen molar-refractivity contribution in [3.05, 3.63) is 193 Å². The van der Waals surface area contributed by atoms with Crippen LogP contribution in [0.3, 0.4) is 0 Å². The summed E-state index contributed by atoms with van der Waals surface area (Å²) in [6.07, 6.45) is 0.749. The summed E-state index contributed by atoms with van der Waals surface area (Å²) in [5.74, 6) is -3.34. The zero-order chi connectivity index (χ0) is 59.3. The second kappa shape index (κ2) is 27.1. The molecule has 5 unspecified atom stereocenters. The molecule has 3 heterocycles. The van der Waals surface area contributed by atoms with Gasteiger partial charge in [-0.2, -0.15) is 52.3 Å². The zero-order valence-corrected chi connectivity index (χ0v) is 48.9. The molecule has 6 N–H and O–H groups in total. The van der Waals surface area contributed by atoms with Gasteiger partial charge in [-0.05, 0) is 111 Å². The summed E-state index contributed by atoms with van der Waals surface area (Å²) in [5.41, 5.74) is 6.37. The number of halogens is 6. The summed E-state index contributed by atoms with van der Waals surface area (Å²) >= 11 is 17.2. The highest BCUT2D eigenvalue weighted by molar-refractivity contribution is 7.87. The van der Waals surface area contributed by atoms with E-state index in [1.807, 2.05) is 93.6 Å². The predicted octanol–water partition coefficient (Wildman–Crippen LogP) is 9.65. The van der Waals surface area contributed by atoms with E-state index in [-0.39, 0.29) is 41.8 Å². The van der Waals surface area contributed by atoms with Crippen LogP contribution in [0.5, 0.6) is 0 Å². The minimum atomic E-state index is -3.83. The minimum absolute atomic E-state index is 0. The fourth-order valence-corrected chi connectivity index (χ4v) is 13.1. The molecular formula is C55H61Cl3F3N9O9S3. The van der Waals surface area contributed by atoms with Gasteiger partial charge in [0.2, 0.25) is 17.7 Å². The monoisotopic (exact) mass is 1250 g/mol. The van der Waals surface area contributed by atoms with Crippen LogP contribution in [-0.2, 0) is 45.0 Å². The Morgan fingerprint density at radius 1 is 0.427 bits per heavy atom. The number of carbonyl (C=O) groups is 3. The van der Waals surface area contributed by atoms with Crippen molar-refractivity contribution in [1.29, 1.82) is 0 Å². The minimum Gasteiger partial charge on any atom is -0.325 e. The van der Waals surface area contributed by atoms with Crippen LogP contribution in [-0.4, -0.2) is 95.2 Å². The van der Waals surface area contributed by atoms with Crippen LogP contribution < -0.4 is 30.1 Å². The molecule has 18 nitrogen and oxygen atoms in total. The number of benzene rings is 6. The fourth-order valence-electron chi connectivity index (χ4n) is 8.77. The molecule has 3 fully saturated rings. The standard InChI is InChI=1S/3C18H19ClFN3O3S.CH4/c3*1-11-3-5-12(6-4-11)16-10-17(23(2)27(25,26)22-16)18(24)21-13-7-8-15(20)14(19)9-13;/h3*3-9,16-17,22H,10H2,1-2H3,(H,21,24);1H4/t16-,17?;;;/m0.../s1. The first-order valence-electron chi connectivity index (χ1n) is 24.7. The second-order valence-electron chi connectivity index (χ2n) is 19.4. The molecule has 6 aromatic carbocycles. The van der Waals surface area contributed by atoms with Crippen LogP contribution in [0.4, 0.5) is 30.2 Å². The Balaban J connectivity index is 0.000000197. The Kier molecular flexibility index (Phi) is 21.6. The molecule has 27 heteroatoms. The fraction of sp³-hybridized carbons (Fsp3) is 0.291. The summed E-state index contributed by atoms with van der Waals surface area (Å²) in [4.78, 5) is 38.1. The lowest BCUT2D eigenvalue weighted by molar-refractivity contribution is -0.120. The van der Waals surface area contributed by atoms with E-state index in [0.29, 0.717) is 17.1 Å². The molecule has 0 radical (unpaired) electrons. The van der Waals surface area contributed by atoms with E-state index in [2.05, 4.69) is 30.1 Å². The third kappa shape index (κ3) is 16.2. The highest BCUT2D eigenvalue weighted by atomic mass is 35.5.